The number of hydrogen-bond acceptors (Lipinski definition) is 6. The van der Waals surface area contributed by atoms with Gasteiger partial charge in [0.2, 0.25) is 0 Å². The molecule has 0 bridgehead atoms. The monoisotopic (exact) mass is 381 g/mol. The molecule has 28 heavy (non-hydrogen) atoms. The number of fused-ring (bicyclic) bond motifs is 1. The summed E-state index contributed by atoms with van der Waals surface area (Å²) in [6.45, 7) is 3.59. The third kappa shape index (κ3) is 3.68. The summed E-state index contributed by atoms with van der Waals surface area (Å²) in [7, 11) is 1.58. The second-order valence-corrected chi connectivity index (χ2v) is 6.79. The van der Waals surface area contributed by atoms with Gasteiger partial charge in [0.25, 0.3) is 5.78 Å². The highest BCUT2D eigenvalue weighted by atomic mass is 16.5. The van der Waals surface area contributed by atoms with E-state index < -0.39 is 0 Å². The minimum absolute atomic E-state index is 0.111. The molecule has 2 N–H and O–H groups in total. The van der Waals surface area contributed by atoms with Crippen LogP contribution in [0.25, 0.3) is 5.78 Å². The van der Waals surface area contributed by atoms with E-state index in [2.05, 4.69) is 30.6 Å². The van der Waals surface area contributed by atoms with Crippen LogP contribution in [-0.2, 0) is 0 Å². The van der Waals surface area contributed by atoms with Crippen molar-refractivity contribution in [3.05, 3.63) is 42.4 Å². The lowest BCUT2D eigenvalue weighted by Gasteiger charge is -2.33. The van der Waals surface area contributed by atoms with Crippen LogP contribution in [0, 0.1) is 6.92 Å². The number of benzene rings is 1. The number of methoxy groups -OCH3 is 1. The number of ether oxygens (including phenoxy) is 1. The van der Waals surface area contributed by atoms with E-state index in [1.807, 2.05) is 37.3 Å². The number of piperidine rings is 1. The molecule has 9 heteroatoms. The van der Waals surface area contributed by atoms with Gasteiger partial charge >= 0.3 is 6.03 Å². The Balaban J connectivity index is 1.36. The Morgan fingerprint density at radius 2 is 2.04 bits per heavy atom. The van der Waals surface area contributed by atoms with Gasteiger partial charge in [0.1, 0.15) is 17.9 Å². The minimum Gasteiger partial charge on any atom is -0.495 e. The number of urea groups is 1. The van der Waals surface area contributed by atoms with Gasteiger partial charge in [-0.2, -0.15) is 14.6 Å². The highest BCUT2D eigenvalue weighted by molar-refractivity contribution is 5.91. The molecule has 4 rings (SSSR count). The molecule has 0 saturated carbocycles. The summed E-state index contributed by atoms with van der Waals surface area (Å²) in [6.07, 6.45) is 3.20. The maximum Gasteiger partial charge on any atom is 0.319 e. The van der Waals surface area contributed by atoms with Crippen LogP contribution in [0.2, 0.25) is 0 Å². The molecular weight excluding hydrogens is 358 g/mol. The number of amides is 2. The number of rotatable bonds is 4. The van der Waals surface area contributed by atoms with Gasteiger partial charge in [-0.1, -0.05) is 12.1 Å². The molecule has 9 nitrogen and oxygen atoms in total. The summed E-state index contributed by atoms with van der Waals surface area (Å²) in [5, 5.41) is 10.2. The minimum atomic E-state index is -0.221. The van der Waals surface area contributed by atoms with Crippen molar-refractivity contribution < 1.29 is 9.53 Å². The first kappa shape index (κ1) is 18.0. The standard InChI is InChI=1S/C19H23N7O2/c1-13-11-17(26-18(22-13)20-12-21-26)25-9-7-14(8-10-25)23-19(27)24-15-5-3-4-6-16(15)28-2/h3-6,11-12,14H,7-10H2,1-2H3,(H2,23,24,27). The number of aromatic nitrogens is 4. The van der Waals surface area contributed by atoms with Gasteiger partial charge in [0, 0.05) is 30.9 Å². The Kier molecular flexibility index (Phi) is 4.96. The number of aryl methyl sites for hydroxylation is 1. The first-order chi connectivity index (χ1) is 13.6. The zero-order valence-electron chi connectivity index (χ0n) is 15.9. The molecule has 1 saturated heterocycles. The second kappa shape index (κ2) is 7.71. The predicted octanol–water partition coefficient (Wildman–Crippen LogP) is 2.23. The van der Waals surface area contributed by atoms with Crippen LogP contribution in [0.3, 0.4) is 0 Å². The summed E-state index contributed by atoms with van der Waals surface area (Å²) in [5.74, 6) is 2.22. The number of carbonyl (C=O) groups excluding carboxylic acids is 1. The van der Waals surface area contributed by atoms with Crippen molar-refractivity contribution in [2.24, 2.45) is 0 Å². The second-order valence-electron chi connectivity index (χ2n) is 6.79. The first-order valence-electron chi connectivity index (χ1n) is 9.27. The fraction of sp³-hybridized carbons (Fsp3) is 0.368. The molecule has 3 aromatic rings. The molecule has 2 aromatic heterocycles. The quantitative estimate of drug-likeness (QED) is 0.719. The third-order valence-corrected chi connectivity index (χ3v) is 4.87. The maximum atomic E-state index is 12.4. The Labute approximate surface area is 162 Å². The van der Waals surface area contributed by atoms with E-state index in [0.717, 1.165) is 37.4 Å². The van der Waals surface area contributed by atoms with E-state index >= 15 is 0 Å². The van der Waals surface area contributed by atoms with Crippen LogP contribution in [0.4, 0.5) is 16.3 Å². The summed E-state index contributed by atoms with van der Waals surface area (Å²) < 4.78 is 7.03. The van der Waals surface area contributed by atoms with E-state index in [1.165, 1.54) is 6.33 Å². The predicted molar refractivity (Wildman–Crippen MR) is 106 cm³/mol. The topological polar surface area (TPSA) is 96.7 Å². The first-order valence-corrected chi connectivity index (χ1v) is 9.27. The molecular formula is C19H23N7O2. The van der Waals surface area contributed by atoms with Gasteiger partial charge in [-0.3, -0.25) is 0 Å². The Bertz CT molecular complexity index is 979. The van der Waals surface area contributed by atoms with E-state index in [1.54, 1.807) is 11.6 Å². The van der Waals surface area contributed by atoms with E-state index in [0.29, 0.717) is 17.2 Å². The van der Waals surface area contributed by atoms with Crippen molar-refractivity contribution in [2.45, 2.75) is 25.8 Å². The number of hydrogen-bond donors (Lipinski definition) is 2. The zero-order valence-corrected chi connectivity index (χ0v) is 15.9. The van der Waals surface area contributed by atoms with Gasteiger partial charge in [-0.25, -0.2) is 9.78 Å². The van der Waals surface area contributed by atoms with Crippen LogP contribution in [-0.4, -0.2) is 51.9 Å². The van der Waals surface area contributed by atoms with Crippen molar-refractivity contribution in [3.63, 3.8) is 0 Å². The molecule has 0 spiro atoms. The molecule has 0 radical (unpaired) electrons. The van der Waals surface area contributed by atoms with Crippen molar-refractivity contribution >= 4 is 23.3 Å². The van der Waals surface area contributed by atoms with Gasteiger partial charge in [-0.05, 0) is 31.9 Å². The Morgan fingerprint density at radius 3 is 2.82 bits per heavy atom. The van der Waals surface area contributed by atoms with Crippen molar-refractivity contribution in [1.29, 1.82) is 0 Å². The van der Waals surface area contributed by atoms with Crippen molar-refractivity contribution in [3.8, 4) is 5.75 Å². The molecule has 0 unspecified atom stereocenters. The van der Waals surface area contributed by atoms with Crippen molar-refractivity contribution in [2.75, 3.05) is 30.4 Å². The third-order valence-electron chi connectivity index (χ3n) is 4.87. The molecule has 1 fully saturated rings. The maximum absolute atomic E-state index is 12.4. The lowest BCUT2D eigenvalue weighted by Crippen LogP contribution is -2.46. The largest absolute Gasteiger partial charge is 0.495 e. The van der Waals surface area contributed by atoms with Gasteiger partial charge in [0.05, 0.1) is 12.8 Å². The van der Waals surface area contributed by atoms with Crippen molar-refractivity contribution in [1.82, 2.24) is 24.9 Å². The molecule has 2 amide bonds. The average molecular weight is 381 g/mol. The Morgan fingerprint density at radius 1 is 1.25 bits per heavy atom. The fourth-order valence-electron chi connectivity index (χ4n) is 3.48. The summed E-state index contributed by atoms with van der Waals surface area (Å²) >= 11 is 0. The van der Waals surface area contributed by atoms with E-state index in [4.69, 9.17) is 4.74 Å². The number of nitrogens with zero attached hydrogens (tertiary/aromatic N) is 5. The van der Waals surface area contributed by atoms with E-state index in [9.17, 15) is 4.79 Å². The zero-order chi connectivity index (χ0) is 19.5. The van der Waals surface area contributed by atoms with Crippen LogP contribution in [0.15, 0.2) is 36.7 Å². The Hall–Kier alpha value is -3.36. The lowest BCUT2D eigenvalue weighted by molar-refractivity contribution is 0.246. The lowest BCUT2D eigenvalue weighted by atomic mass is 10.1. The van der Waals surface area contributed by atoms with Crippen LogP contribution >= 0.6 is 0 Å². The molecule has 1 aromatic carbocycles. The van der Waals surface area contributed by atoms with Gasteiger partial charge < -0.3 is 20.3 Å². The molecule has 1 aliphatic rings. The van der Waals surface area contributed by atoms with Gasteiger partial charge in [0.15, 0.2) is 0 Å². The van der Waals surface area contributed by atoms with Gasteiger partial charge in [-0.15, -0.1) is 0 Å². The molecule has 146 valence electrons. The summed E-state index contributed by atoms with van der Waals surface area (Å²) in [5.41, 5.74) is 1.56. The van der Waals surface area contributed by atoms with Crippen LogP contribution in [0.5, 0.6) is 5.75 Å². The normalized spacial score (nSPS) is 14.9. The molecule has 0 aliphatic carbocycles. The summed E-state index contributed by atoms with van der Waals surface area (Å²) in [6, 6.07) is 9.26. The molecule has 3 heterocycles. The SMILES string of the molecule is COc1ccccc1NC(=O)NC1CCN(c2cc(C)nc3ncnn23)CC1. The summed E-state index contributed by atoms with van der Waals surface area (Å²) in [4.78, 5) is 23.2. The fourth-order valence-corrected chi connectivity index (χ4v) is 3.48. The smallest absolute Gasteiger partial charge is 0.319 e. The average Bonchev–Trinajstić information content (AvgIpc) is 3.16. The number of anilines is 2. The highest BCUT2D eigenvalue weighted by Crippen LogP contribution is 2.24. The molecule has 1 aliphatic heterocycles. The highest BCUT2D eigenvalue weighted by Gasteiger charge is 2.23. The number of nitrogens with one attached hydrogen (secondary N) is 2. The van der Waals surface area contributed by atoms with Crippen LogP contribution < -0.4 is 20.3 Å². The number of para-hydroxylation sites is 2. The van der Waals surface area contributed by atoms with E-state index in [-0.39, 0.29) is 12.1 Å². The molecule has 0 atom stereocenters. The van der Waals surface area contributed by atoms with Crippen LogP contribution in [0.1, 0.15) is 18.5 Å². The number of carbonyl (C=O) groups is 1.